The summed E-state index contributed by atoms with van der Waals surface area (Å²) >= 11 is 0. The van der Waals surface area contributed by atoms with E-state index in [0.717, 1.165) is 13.1 Å². The van der Waals surface area contributed by atoms with Crippen LogP contribution in [0.2, 0.25) is 0 Å². The highest BCUT2D eigenvalue weighted by atomic mass is 15.6. The standard InChI is InChI=1S/C26H46N4/c1-23(2)15-9-16-24(3,4)29(23)27-19-21-11-13-22(14-12-21)20-28-30-25(5,6)17-10-18-26(30,7)8/h11-14,27-28H,9-10,15-20H2,1-8H3. The summed E-state index contributed by atoms with van der Waals surface area (Å²) in [5, 5.41) is 5.00. The third-order valence-electron chi connectivity index (χ3n) is 7.48. The zero-order valence-electron chi connectivity index (χ0n) is 20.9. The fourth-order valence-electron chi connectivity index (χ4n) is 5.96. The fraction of sp³-hybridized carbons (Fsp3) is 0.769. The van der Waals surface area contributed by atoms with Crippen molar-refractivity contribution in [2.75, 3.05) is 0 Å². The Morgan fingerprint density at radius 2 is 0.833 bits per heavy atom. The van der Waals surface area contributed by atoms with Crippen molar-refractivity contribution < 1.29 is 0 Å². The zero-order chi connectivity index (χ0) is 22.2. The Balaban J connectivity index is 1.57. The first-order valence-corrected chi connectivity index (χ1v) is 12.0. The van der Waals surface area contributed by atoms with Gasteiger partial charge in [0.2, 0.25) is 0 Å². The number of benzene rings is 1. The summed E-state index contributed by atoms with van der Waals surface area (Å²) in [4.78, 5) is 0. The van der Waals surface area contributed by atoms with Crippen LogP contribution in [-0.4, -0.2) is 32.2 Å². The van der Waals surface area contributed by atoms with E-state index in [0.29, 0.717) is 0 Å². The van der Waals surface area contributed by atoms with Crippen molar-refractivity contribution in [1.29, 1.82) is 0 Å². The Bertz CT molecular complexity index is 609. The summed E-state index contributed by atoms with van der Waals surface area (Å²) in [5.41, 5.74) is 11.0. The monoisotopic (exact) mass is 414 g/mol. The second-order valence-corrected chi connectivity index (χ2v) is 12.1. The topological polar surface area (TPSA) is 30.5 Å². The SMILES string of the molecule is CC1(C)CCCC(C)(C)N1NCc1ccc(CNN2C(C)(C)CCCC2(C)C)cc1. The molecule has 0 amide bonds. The van der Waals surface area contributed by atoms with Gasteiger partial charge in [-0.2, -0.15) is 0 Å². The van der Waals surface area contributed by atoms with E-state index < -0.39 is 0 Å². The molecule has 170 valence electrons. The molecule has 0 bridgehead atoms. The number of hydrogen-bond donors (Lipinski definition) is 2. The van der Waals surface area contributed by atoms with Crippen LogP contribution in [0.3, 0.4) is 0 Å². The molecule has 2 aliphatic heterocycles. The zero-order valence-corrected chi connectivity index (χ0v) is 20.9. The summed E-state index contributed by atoms with van der Waals surface area (Å²) in [6.07, 6.45) is 7.61. The average Bonchev–Trinajstić information content (AvgIpc) is 2.60. The van der Waals surface area contributed by atoms with Crippen molar-refractivity contribution in [1.82, 2.24) is 20.9 Å². The lowest BCUT2D eigenvalue weighted by Crippen LogP contribution is -2.64. The predicted molar refractivity (Wildman–Crippen MR) is 128 cm³/mol. The molecule has 0 unspecified atom stereocenters. The first-order chi connectivity index (χ1) is 13.8. The van der Waals surface area contributed by atoms with E-state index in [9.17, 15) is 0 Å². The highest BCUT2D eigenvalue weighted by Gasteiger charge is 2.42. The lowest BCUT2D eigenvalue weighted by atomic mass is 9.81. The first-order valence-electron chi connectivity index (χ1n) is 12.0. The summed E-state index contributed by atoms with van der Waals surface area (Å²) in [6, 6.07) is 9.11. The molecule has 0 aliphatic carbocycles. The van der Waals surface area contributed by atoms with E-state index in [2.05, 4.69) is 101 Å². The molecule has 0 saturated carbocycles. The molecule has 0 aromatic heterocycles. The normalized spacial score (nSPS) is 25.9. The van der Waals surface area contributed by atoms with E-state index >= 15 is 0 Å². The smallest absolute Gasteiger partial charge is 0.0353 e. The fourth-order valence-corrected chi connectivity index (χ4v) is 5.96. The van der Waals surface area contributed by atoms with Gasteiger partial charge >= 0.3 is 0 Å². The molecular formula is C26H46N4. The Labute approximate surface area is 185 Å². The Hall–Kier alpha value is -0.940. The average molecular weight is 415 g/mol. The van der Waals surface area contributed by atoms with Gasteiger partial charge in [0, 0.05) is 35.2 Å². The number of rotatable bonds is 6. The molecule has 0 atom stereocenters. The van der Waals surface area contributed by atoms with Crippen molar-refractivity contribution in [3.8, 4) is 0 Å². The van der Waals surface area contributed by atoms with Gasteiger partial charge in [-0.3, -0.25) is 0 Å². The maximum Gasteiger partial charge on any atom is 0.0353 e. The van der Waals surface area contributed by atoms with Crippen molar-refractivity contribution in [3.05, 3.63) is 35.4 Å². The van der Waals surface area contributed by atoms with Gasteiger partial charge in [0.05, 0.1) is 0 Å². The molecule has 1 aromatic rings. The van der Waals surface area contributed by atoms with Gasteiger partial charge in [0.25, 0.3) is 0 Å². The third-order valence-corrected chi connectivity index (χ3v) is 7.48. The highest BCUT2D eigenvalue weighted by molar-refractivity contribution is 5.22. The minimum absolute atomic E-state index is 0.194. The van der Waals surface area contributed by atoms with E-state index in [-0.39, 0.29) is 22.2 Å². The molecule has 2 heterocycles. The first kappa shape index (κ1) is 23.7. The molecule has 2 N–H and O–H groups in total. The summed E-state index contributed by atoms with van der Waals surface area (Å²) < 4.78 is 0. The molecule has 1 aromatic carbocycles. The number of hydrazine groups is 2. The molecule has 2 aliphatic rings. The lowest BCUT2D eigenvalue weighted by Gasteiger charge is -2.53. The lowest BCUT2D eigenvalue weighted by molar-refractivity contribution is -0.0725. The van der Waals surface area contributed by atoms with Crippen molar-refractivity contribution in [2.45, 2.75) is 129 Å². The predicted octanol–water partition coefficient (Wildman–Crippen LogP) is 5.78. The quantitative estimate of drug-likeness (QED) is 0.617. The Kier molecular flexibility index (Phi) is 6.75. The Morgan fingerprint density at radius 3 is 1.10 bits per heavy atom. The van der Waals surface area contributed by atoms with Crippen LogP contribution in [0.1, 0.15) is 105 Å². The van der Waals surface area contributed by atoms with Gasteiger partial charge in [0.15, 0.2) is 0 Å². The van der Waals surface area contributed by atoms with Crippen molar-refractivity contribution in [2.24, 2.45) is 0 Å². The molecular weight excluding hydrogens is 368 g/mol. The second-order valence-electron chi connectivity index (χ2n) is 12.1. The van der Waals surface area contributed by atoms with Crippen LogP contribution < -0.4 is 10.9 Å². The highest BCUT2D eigenvalue weighted by Crippen LogP contribution is 2.37. The number of hydrogen-bond acceptors (Lipinski definition) is 4. The van der Waals surface area contributed by atoms with E-state index in [4.69, 9.17) is 0 Å². The van der Waals surface area contributed by atoms with E-state index in [1.807, 2.05) is 0 Å². The van der Waals surface area contributed by atoms with Gasteiger partial charge in [-0.05, 0) is 105 Å². The summed E-state index contributed by atoms with van der Waals surface area (Å²) in [5.74, 6) is 0. The molecule has 0 radical (unpaired) electrons. The van der Waals surface area contributed by atoms with Crippen LogP contribution >= 0.6 is 0 Å². The minimum Gasteiger partial charge on any atom is -0.250 e. The molecule has 4 heteroatoms. The molecule has 3 rings (SSSR count). The minimum atomic E-state index is 0.194. The van der Waals surface area contributed by atoms with Gasteiger partial charge in [-0.1, -0.05) is 24.3 Å². The van der Waals surface area contributed by atoms with Crippen LogP contribution in [0.15, 0.2) is 24.3 Å². The molecule has 2 fully saturated rings. The van der Waals surface area contributed by atoms with Crippen LogP contribution in [-0.2, 0) is 13.1 Å². The van der Waals surface area contributed by atoms with Crippen LogP contribution in [0.25, 0.3) is 0 Å². The number of nitrogens with one attached hydrogen (secondary N) is 2. The molecule has 30 heavy (non-hydrogen) atoms. The maximum absolute atomic E-state index is 3.75. The largest absolute Gasteiger partial charge is 0.250 e. The van der Waals surface area contributed by atoms with Crippen LogP contribution in [0, 0.1) is 0 Å². The van der Waals surface area contributed by atoms with Gasteiger partial charge in [-0.25, -0.2) is 20.9 Å². The second kappa shape index (κ2) is 8.54. The molecule has 2 saturated heterocycles. The van der Waals surface area contributed by atoms with Crippen LogP contribution in [0.5, 0.6) is 0 Å². The third kappa shape index (κ3) is 5.27. The summed E-state index contributed by atoms with van der Waals surface area (Å²) in [6.45, 7) is 20.6. The van der Waals surface area contributed by atoms with Gasteiger partial charge in [0.1, 0.15) is 0 Å². The summed E-state index contributed by atoms with van der Waals surface area (Å²) in [7, 11) is 0. The number of nitrogens with zero attached hydrogens (tertiary/aromatic N) is 2. The van der Waals surface area contributed by atoms with E-state index in [1.54, 1.807) is 0 Å². The molecule has 4 nitrogen and oxygen atoms in total. The van der Waals surface area contributed by atoms with Crippen molar-refractivity contribution >= 4 is 0 Å². The van der Waals surface area contributed by atoms with Crippen molar-refractivity contribution in [3.63, 3.8) is 0 Å². The van der Waals surface area contributed by atoms with Gasteiger partial charge in [-0.15, -0.1) is 0 Å². The van der Waals surface area contributed by atoms with Crippen LogP contribution in [0.4, 0.5) is 0 Å². The maximum atomic E-state index is 3.75. The van der Waals surface area contributed by atoms with E-state index in [1.165, 1.54) is 49.7 Å². The van der Waals surface area contributed by atoms with Gasteiger partial charge < -0.3 is 0 Å². The Morgan fingerprint density at radius 1 is 0.567 bits per heavy atom. The molecule has 0 spiro atoms. The number of piperidine rings is 2.